The zero-order valence-corrected chi connectivity index (χ0v) is 14.0. The Bertz CT molecular complexity index is 630. The summed E-state index contributed by atoms with van der Waals surface area (Å²) in [5.41, 5.74) is 7.07. The van der Waals surface area contributed by atoms with Gasteiger partial charge in [-0.3, -0.25) is 14.4 Å². The summed E-state index contributed by atoms with van der Waals surface area (Å²) in [6.45, 7) is 4.23. The van der Waals surface area contributed by atoms with E-state index in [1.165, 1.54) is 0 Å². The number of amides is 3. The van der Waals surface area contributed by atoms with Crippen LogP contribution in [0.15, 0.2) is 24.3 Å². The Morgan fingerprint density at radius 3 is 2.71 bits per heavy atom. The Balaban J connectivity index is 1.90. The van der Waals surface area contributed by atoms with Crippen LogP contribution in [0.3, 0.4) is 0 Å². The smallest absolute Gasteiger partial charge is 0.243 e. The SMILES string of the molecule is CC(C)[C@H](N)C(=O)NCC(=O)Nc1cccc(N2CCCC2=O)c1. The van der Waals surface area contributed by atoms with Crippen molar-refractivity contribution in [3.63, 3.8) is 0 Å². The van der Waals surface area contributed by atoms with Crippen LogP contribution in [0.4, 0.5) is 11.4 Å². The molecule has 1 atom stereocenters. The molecule has 0 saturated carbocycles. The summed E-state index contributed by atoms with van der Waals surface area (Å²) in [5.74, 6) is -0.600. The van der Waals surface area contributed by atoms with Crippen molar-refractivity contribution in [2.45, 2.75) is 32.7 Å². The van der Waals surface area contributed by atoms with Gasteiger partial charge in [-0.05, 0) is 30.5 Å². The Morgan fingerprint density at radius 1 is 1.33 bits per heavy atom. The molecule has 1 aromatic rings. The predicted molar refractivity (Wildman–Crippen MR) is 92.5 cm³/mol. The van der Waals surface area contributed by atoms with Crippen molar-refractivity contribution in [2.24, 2.45) is 11.7 Å². The van der Waals surface area contributed by atoms with E-state index in [0.29, 0.717) is 18.7 Å². The summed E-state index contributed by atoms with van der Waals surface area (Å²) >= 11 is 0. The van der Waals surface area contributed by atoms with Crippen molar-refractivity contribution in [1.29, 1.82) is 0 Å². The summed E-state index contributed by atoms with van der Waals surface area (Å²) in [5, 5.41) is 5.23. The maximum Gasteiger partial charge on any atom is 0.243 e. The second-order valence-electron chi connectivity index (χ2n) is 6.24. The van der Waals surface area contributed by atoms with E-state index in [1.807, 2.05) is 19.9 Å². The first-order valence-corrected chi connectivity index (χ1v) is 8.12. The molecule has 3 amide bonds. The van der Waals surface area contributed by atoms with Gasteiger partial charge in [-0.2, -0.15) is 0 Å². The fourth-order valence-corrected chi connectivity index (χ4v) is 2.47. The van der Waals surface area contributed by atoms with Crippen molar-refractivity contribution in [1.82, 2.24) is 5.32 Å². The first-order valence-electron chi connectivity index (χ1n) is 8.12. The van der Waals surface area contributed by atoms with Crippen LogP contribution < -0.4 is 21.3 Å². The molecule has 1 saturated heterocycles. The second kappa shape index (κ2) is 7.92. The lowest BCUT2D eigenvalue weighted by molar-refractivity contribution is -0.125. The van der Waals surface area contributed by atoms with Crippen LogP contribution in [0.2, 0.25) is 0 Å². The van der Waals surface area contributed by atoms with Crippen LogP contribution in [0.5, 0.6) is 0 Å². The van der Waals surface area contributed by atoms with Gasteiger partial charge in [0.25, 0.3) is 0 Å². The largest absolute Gasteiger partial charge is 0.346 e. The third kappa shape index (κ3) is 4.55. The van der Waals surface area contributed by atoms with Gasteiger partial charge in [-0.15, -0.1) is 0 Å². The van der Waals surface area contributed by atoms with Gasteiger partial charge in [0.1, 0.15) is 0 Å². The minimum Gasteiger partial charge on any atom is -0.346 e. The van der Waals surface area contributed by atoms with Gasteiger partial charge in [-0.25, -0.2) is 0 Å². The molecule has 0 spiro atoms. The van der Waals surface area contributed by atoms with E-state index in [4.69, 9.17) is 5.73 Å². The third-order valence-corrected chi connectivity index (χ3v) is 3.96. The molecule has 1 aromatic carbocycles. The normalized spacial score (nSPS) is 15.5. The van der Waals surface area contributed by atoms with Crippen LogP contribution >= 0.6 is 0 Å². The standard InChI is InChI=1S/C17H24N4O3/c1-11(2)16(18)17(24)19-10-14(22)20-12-5-3-6-13(9-12)21-8-4-7-15(21)23/h3,5-6,9,11,16H,4,7-8,10,18H2,1-2H3,(H,19,24)(H,20,22)/t16-/m0/s1. The molecule has 4 N–H and O–H groups in total. The third-order valence-electron chi connectivity index (χ3n) is 3.96. The van der Waals surface area contributed by atoms with Gasteiger partial charge in [-0.1, -0.05) is 19.9 Å². The lowest BCUT2D eigenvalue weighted by Gasteiger charge is -2.17. The number of nitrogens with one attached hydrogen (secondary N) is 2. The number of nitrogens with zero attached hydrogens (tertiary/aromatic N) is 1. The summed E-state index contributed by atoms with van der Waals surface area (Å²) in [6, 6.07) is 6.47. The fraction of sp³-hybridized carbons (Fsp3) is 0.471. The van der Waals surface area contributed by atoms with E-state index < -0.39 is 6.04 Å². The molecule has 0 unspecified atom stereocenters. The number of rotatable bonds is 6. The molecule has 0 radical (unpaired) electrons. The number of nitrogens with two attached hydrogens (primary N) is 1. The van der Waals surface area contributed by atoms with Crippen molar-refractivity contribution in [2.75, 3.05) is 23.3 Å². The van der Waals surface area contributed by atoms with E-state index >= 15 is 0 Å². The zero-order chi connectivity index (χ0) is 17.7. The van der Waals surface area contributed by atoms with E-state index in [-0.39, 0.29) is 30.2 Å². The van der Waals surface area contributed by atoms with Crippen LogP contribution in [-0.4, -0.2) is 36.9 Å². The summed E-state index contributed by atoms with van der Waals surface area (Å²) in [6.07, 6.45) is 1.40. The topological polar surface area (TPSA) is 105 Å². The molecular weight excluding hydrogens is 308 g/mol. The number of benzene rings is 1. The molecule has 24 heavy (non-hydrogen) atoms. The monoisotopic (exact) mass is 332 g/mol. The summed E-state index contributed by atoms with van der Waals surface area (Å²) in [4.78, 5) is 37.2. The maximum atomic E-state index is 12.0. The highest BCUT2D eigenvalue weighted by molar-refractivity contribution is 5.98. The van der Waals surface area contributed by atoms with Gasteiger partial charge in [0.05, 0.1) is 12.6 Å². The lowest BCUT2D eigenvalue weighted by atomic mass is 10.1. The van der Waals surface area contributed by atoms with E-state index in [1.54, 1.807) is 23.1 Å². The minimum atomic E-state index is -0.637. The molecule has 1 fully saturated rings. The summed E-state index contributed by atoms with van der Waals surface area (Å²) < 4.78 is 0. The highest BCUT2D eigenvalue weighted by Gasteiger charge is 2.22. The van der Waals surface area contributed by atoms with E-state index in [2.05, 4.69) is 10.6 Å². The molecule has 130 valence electrons. The quantitative estimate of drug-likeness (QED) is 0.718. The van der Waals surface area contributed by atoms with Crippen LogP contribution in [0.1, 0.15) is 26.7 Å². The molecule has 0 bridgehead atoms. The average Bonchev–Trinajstić information content (AvgIpc) is 2.98. The molecule has 0 aliphatic carbocycles. The first-order chi connectivity index (χ1) is 11.4. The molecule has 1 aliphatic heterocycles. The molecule has 0 aromatic heterocycles. The highest BCUT2D eigenvalue weighted by atomic mass is 16.2. The summed E-state index contributed by atoms with van der Waals surface area (Å²) in [7, 11) is 0. The minimum absolute atomic E-state index is 0.00254. The maximum absolute atomic E-state index is 12.0. The Hall–Kier alpha value is -2.41. The van der Waals surface area contributed by atoms with Crippen LogP contribution in [0, 0.1) is 5.92 Å². The van der Waals surface area contributed by atoms with E-state index in [9.17, 15) is 14.4 Å². The van der Waals surface area contributed by atoms with Crippen molar-refractivity contribution in [3.05, 3.63) is 24.3 Å². The van der Waals surface area contributed by atoms with E-state index in [0.717, 1.165) is 12.1 Å². The van der Waals surface area contributed by atoms with Gasteiger partial charge < -0.3 is 21.3 Å². The molecule has 2 rings (SSSR count). The Kier molecular flexibility index (Phi) is 5.92. The van der Waals surface area contributed by atoms with Crippen LogP contribution in [-0.2, 0) is 14.4 Å². The number of carbonyl (C=O) groups excluding carboxylic acids is 3. The zero-order valence-electron chi connectivity index (χ0n) is 14.0. The van der Waals surface area contributed by atoms with Crippen LogP contribution in [0.25, 0.3) is 0 Å². The van der Waals surface area contributed by atoms with Gasteiger partial charge in [0.15, 0.2) is 0 Å². The Labute approximate surface area is 141 Å². The Morgan fingerprint density at radius 2 is 2.08 bits per heavy atom. The van der Waals surface area contributed by atoms with Crippen molar-refractivity contribution in [3.8, 4) is 0 Å². The lowest BCUT2D eigenvalue weighted by Crippen LogP contribution is -2.46. The van der Waals surface area contributed by atoms with Crippen molar-refractivity contribution >= 4 is 29.1 Å². The number of carbonyl (C=O) groups is 3. The number of anilines is 2. The fourth-order valence-electron chi connectivity index (χ4n) is 2.47. The molecule has 7 heteroatoms. The first kappa shape index (κ1) is 17.9. The van der Waals surface area contributed by atoms with Crippen molar-refractivity contribution < 1.29 is 14.4 Å². The predicted octanol–water partition coefficient (Wildman–Crippen LogP) is 0.851. The number of hydrogen-bond acceptors (Lipinski definition) is 4. The number of hydrogen-bond donors (Lipinski definition) is 3. The molecule has 1 aliphatic rings. The average molecular weight is 332 g/mol. The van der Waals surface area contributed by atoms with Gasteiger partial charge >= 0.3 is 0 Å². The highest BCUT2D eigenvalue weighted by Crippen LogP contribution is 2.24. The van der Waals surface area contributed by atoms with Gasteiger partial charge in [0, 0.05) is 24.3 Å². The molecule has 1 heterocycles. The molecular formula is C17H24N4O3. The van der Waals surface area contributed by atoms with Gasteiger partial charge in [0.2, 0.25) is 17.7 Å². The molecule has 7 nitrogen and oxygen atoms in total. The second-order valence-corrected chi connectivity index (χ2v) is 6.24.